The number of hydrogen-bond acceptors (Lipinski definition) is 6. The molecule has 0 amide bonds. The third-order valence-electron chi connectivity index (χ3n) is 4.63. The first kappa shape index (κ1) is 17.1. The zero-order chi connectivity index (χ0) is 17.1. The van der Waals surface area contributed by atoms with Gasteiger partial charge in [-0.2, -0.15) is 9.50 Å². The third-order valence-corrected chi connectivity index (χ3v) is 4.63. The Bertz CT molecular complexity index is 673. The van der Waals surface area contributed by atoms with Crippen LogP contribution >= 0.6 is 0 Å². The number of likely N-dealkylation sites (N-methyl/N-ethyl adjacent to an activating group) is 1. The Balaban J connectivity index is 1.86. The molecule has 0 bridgehead atoms. The maximum absolute atomic E-state index is 4.74. The average molecular weight is 331 g/mol. The molecule has 1 saturated heterocycles. The summed E-state index contributed by atoms with van der Waals surface area (Å²) in [6, 6.07) is 2.13. The Kier molecular flexibility index (Phi) is 5.30. The molecule has 3 rings (SSSR count). The highest BCUT2D eigenvalue weighted by Gasteiger charge is 2.20. The van der Waals surface area contributed by atoms with Crippen molar-refractivity contribution in [1.29, 1.82) is 0 Å². The minimum Gasteiger partial charge on any atom is -0.354 e. The van der Waals surface area contributed by atoms with Gasteiger partial charge in [0, 0.05) is 37.9 Å². The Morgan fingerprint density at radius 3 is 2.54 bits per heavy atom. The highest BCUT2D eigenvalue weighted by atomic mass is 15.4. The number of aromatic nitrogens is 4. The first-order chi connectivity index (χ1) is 11.6. The third kappa shape index (κ3) is 3.67. The lowest BCUT2D eigenvalue weighted by atomic mass is 10.3. The van der Waals surface area contributed by atoms with Crippen LogP contribution in [-0.2, 0) is 6.54 Å². The summed E-state index contributed by atoms with van der Waals surface area (Å²) >= 11 is 0. The molecule has 24 heavy (non-hydrogen) atoms. The van der Waals surface area contributed by atoms with E-state index in [0.717, 1.165) is 69.6 Å². The van der Waals surface area contributed by atoms with Crippen LogP contribution in [0.3, 0.4) is 0 Å². The molecule has 0 saturated carbocycles. The van der Waals surface area contributed by atoms with Crippen molar-refractivity contribution in [2.24, 2.45) is 0 Å². The van der Waals surface area contributed by atoms with Gasteiger partial charge in [-0.05, 0) is 33.5 Å². The predicted octanol–water partition coefficient (Wildman–Crippen LogP) is 1.42. The number of rotatable bonds is 6. The quantitative estimate of drug-likeness (QED) is 0.798. The fourth-order valence-electron chi connectivity index (χ4n) is 3.30. The first-order valence-corrected chi connectivity index (χ1v) is 8.99. The van der Waals surface area contributed by atoms with Crippen LogP contribution in [0.15, 0.2) is 6.07 Å². The van der Waals surface area contributed by atoms with E-state index in [1.165, 1.54) is 0 Å². The summed E-state index contributed by atoms with van der Waals surface area (Å²) in [5.41, 5.74) is 0.997. The van der Waals surface area contributed by atoms with Crippen molar-refractivity contribution in [3.05, 3.63) is 17.6 Å². The van der Waals surface area contributed by atoms with Gasteiger partial charge in [-0.25, -0.2) is 4.98 Å². The van der Waals surface area contributed by atoms with Gasteiger partial charge in [0.15, 0.2) is 5.82 Å². The molecule has 7 heteroatoms. The molecule has 0 aromatic carbocycles. The van der Waals surface area contributed by atoms with Crippen molar-refractivity contribution in [3.63, 3.8) is 0 Å². The van der Waals surface area contributed by atoms with Gasteiger partial charge in [-0.1, -0.05) is 13.8 Å². The molecule has 2 aromatic heterocycles. The fourth-order valence-corrected chi connectivity index (χ4v) is 3.30. The molecule has 0 N–H and O–H groups in total. The monoisotopic (exact) mass is 331 g/mol. The Hall–Kier alpha value is -1.73. The van der Waals surface area contributed by atoms with Crippen molar-refractivity contribution in [2.75, 3.05) is 51.2 Å². The van der Waals surface area contributed by atoms with Crippen molar-refractivity contribution in [1.82, 2.24) is 29.4 Å². The van der Waals surface area contributed by atoms with Gasteiger partial charge in [0.2, 0.25) is 0 Å². The molecule has 1 aliphatic rings. The maximum atomic E-state index is 4.74. The lowest BCUT2D eigenvalue weighted by molar-refractivity contribution is 0.270. The molecule has 0 aliphatic carbocycles. The van der Waals surface area contributed by atoms with Crippen molar-refractivity contribution >= 4 is 11.6 Å². The zero-order valence-corrected chi connectivity index (χ0v) is 15.4. The lowest BCUT2D eigenvalue weighted by Crippen LogP contribution is -2.46. The number of fused-ring (bicyclic) bond motifs is 1. The van der Waals surface area contributed by atoms with Crippen molar-refractivity contribution in [2.45, 2.75) is 33.7 Å². The van der Waals surface area contributed by atoms with E-state index in [4.69, 9.17) is 5.10 Å². The standard InChI is InChI=1S/C17H29N7/c1-5-7-21(4)13-15-19-17-18-14(3)12-16(24(17)20-15)23-10-8-22(6-2)9-11-23/h12H,5-11,13H2,1-4H3. The molecule has 7 nitrogen and oxygen atoms in total. The molecule has 1 aliphatic heterocycles. The van der Waals surface area contributed by atoms with E-state index in [1.54, 1.807) is 0 Å². The normalized spacial score (nSPS) is 16.5. The molecular weight excluding hydrogens is 302 g/mol. The molecule has 0 spiro atoms. The van der Waals surface area contributed by atoms with Gasteiger partial charge >= 0.3 is 0 Å². The van der Waals surface area contributed by atoms with Crippen LogP contribution in [0, 0.1) is 6.92 Å². The molecule has 3 heterocycles. The van der Waals surface area contributed by atoms with E-state index in [9.17, 15) is 0 Å². The second-order valence-corrected chi connectivity index (χ2v) is 6.65. The van der Waals surface area contributed by atoms with Crippen LogP contribution in [0.5, 0.6) is 0 Å². The Morgan fingerprint density at radius 1 is 1.12 bits per heavy atom. The van der Waals surface area contributed by atoms with Crippen LogP contribution in [0.4, 0.5) is 5.82 Å². The lowest BCUT2D eigenvalue weighted by Gasteiger charge is -2.35. The van der Waals surface area contributed by atoms with Gasteiger partial charge in [0.1, 0.15) is 5.82 Å². The van der Waals surface area contributed by atoms with Crippen LogP contribution in [0.25, 0.3) is 5.78 Å². The highest BCUT2D eigenvalue weighted by molar-refractivity contribution is 5.48. The van der Waals surface area contributed by atoms with Crippen molar-refractivity contribution in [3.8, 4) is 0 Å². The van der Waals surface area contributed by atoms with Crippen LogP contribution in [-0.4, -0.2) is 75.7 Å². The Labute approximate surface area is 144 Å². The number of nitrogens with zero attached hydrogens (tertiary/aromatic N) is 7. The van der Waals surface area contributed by atoms with Crippen LogP contribution in [0.2, 0.25) is 0 Å². The number of aryl methyl sites for hydroxylation is 1. The number of piperazine rings is 1. The summed E-state index contributed by atoms with van der Waals surface area (Å²) in [6.45, 7) is 13.6. The topological polar surface area (TPSA) is 52.8 Å². The van der Waals surface area contributed by atoms with E-state index in [-0.39, 0.29) is 0 Å². The van der Waals surface area contributed by atoms with E-state index in [2.05, 4.69) is 51.6 Å². The molecule has 0 atom stereocenters. The van der Waals surface area contributed by atoms with E-state index < -0.39 is 0 Å². The summed E-state index contributed by atoms with van der Waals surface area (Å²) in [5.74, 6) is 2.67. The smallest absolute Gasteiger partial charge is 0.254 e. The minimum atomic E-state index is 0.711. The van der Waals surface area contributed by atoms with Gasteiger partial charge in [0.25, 0.3) is 5.78 Å². The molecule has 132 valence electrons. The number of anilines is 1. The molecule has 0 radical (unpaired) electrons. The van der Waals surface area contributed by atoms with Crippen molar-refractivity contribution < 1.29 is 0 Å². The SMILES string of the molecule is CCCN(C)Cc1nc2nc(C)cc(N3CCN(CC)CC3)n2n1. The predicted molar refractivity (Wildman–Crippen MR) is 96.5 cm³/mol. The van der Waals surface area contributed by atoms with Gasteiger partial charge in [0.05, 0.1) is 6.54 Å². The van der Waals surface area contributed by atoms with Crippen LogP contribution in [0.1, 0.15) is 31.8 Å². The number of hydrogen-bond donors (Lipinski definition) is 0. The summed E-state index contributed by atoms with van der Waals surface area (Å²) in [5, 5.41) is 4.74. The second kappa shape index (κ2) is 7.44. The van der Waals surface area contributed by atoms with Gasteiger partial charge in [-0.3, -0.25) is 4.90 Å². The maximum Gasteiger partial charge on any atom is 0.254 e. The highest BCUT2D eigenvalue weighted by Crippen LogP contribution is 2.18. The van der Waals surface area contributed by atoms with E-state index in [0.29, 0.717) is 5.78 Å². The summed E-state index contributed by atoms with van der Waals surface area (Å²) in [6.07, 6.45) is 1.13. The Morgan fingerprint density at radius 2 is 1.88 bits per heavy atom. The minimum absolute atomic E-state index is 0.711. The van der Waals surface area contributed by atoms with E-state index >= 15 is 0 Å². The first-order valence-electron chi connectivity index (χ1n) is 8.99. The largest absolute Gasteiger partial charge is 0.354 e. The summed E-state index contributed by atoms with van der Waals surface area (Å²) in [4.78, 5) is 16.4. The average Bonchev–Trinajstić information content (AvgIpc) is 2.96. The summed E-state index contributed by atoms with van der Waals surface area (Å²) < 4.78 is 1.92. The molecule has 0 unspecified atom stereocenters. The van der Waals surface area contributed by atoms with Gasteiger partial charge in [-0.15, -0.1) is 5.10 Å². The summed E-state index contributed by atoms with van der Waals surface area (Å²) in [7, 11) is 2.11. The zero-order valence-electron chi connectivity index (χ0n) is 15.4. The fraction of sp³-hybridized carbons (Fsp3) is 0.706. The molecule has 1 fully saturated rings. The second-order valence-electron chi connectivity index (χ2n) is 6.65. The van der Waals surface area contributed by atoms with Crippen LogP contribution < -0.4 is 4.90 Å². The molecular formula is C17H29N7. The van der Waals surface area contributed by atoms with Gasteiger partial charge < -0.3 is 9.80 Å². The molecule has 2 aromatic rings. The van der Waals surface area contributed by atoms with E-state index in [1.807, 2.05) is 11.4 Å².